The van der Waals surface area contributed by atoms with Crippen LogP contribution in [0.3, 0.4) is 0 Å². The molecule has 0 fully saturated rings. The van der Waals surface area contributed by atoms with Crippen molar-refractivity contribution in [2.45, 2.75) is 39.1 Å². The summed E-state index contributed by atoms with van der Waals surface area (Å²) in [6, 6.07) is 11.3. The van der Waals surface area contributed by atoms with Gasteiger partial charge in [0.25, 0.3) is 0 Å². The van der Waals surface area contributed by atoms with Crippen molar-refractivity contribution in [2.75, 3.05) is 0 Å². The minimum absolute atomic E-state index is 0.0283. The van der Waals surface area contributed by atoms with Crippen molar-refractivity contribution in [2.24, 2.45) is 4.99 Å². The molecule has 1 atom stereocenters. The molecule has 0 saturated carbocycles. The molecule has 0 heterocycles. The largest absolute Gasteiger partial charge is 0.489 e. The molecular formula is C19H19ClF3NO. The second-order valence-electron chi connectivity index (χ2n) is 5.71. The van der Waals surface area contributed by atoms with E-state index in [4.69, 9.17) is 16.3 Å². The third kappa shape index (κ3) is 5.78. The maximum absolute atomic E-state index is 12.9. The maximum Gasteiger partial charge on any atom is 0.417 e. The third-order valence-corrected chi connectivity index (χ3v) is 4.02. The molecule has 0 aliphatic carbocycles. The summed E-state index contributed by atoms with van der Waals surface area (Å²) in [6.07, 6.45) is -1.71. The Morgan fingerprint density at radius 2 is 1.84 bits per heavy atom. The van der Waals surface area contributed by atoms with Crippen molar-refractivity contribution in [1.29, 1.82) is 0 Å². The monoisotopic (exact) mass is 369 g/mol. The first-order valence-corrected chi connectivity index (χ1v) is 8.29. The van der Waals surface area contributed by atoms with Crippen LogP contribution in [-0.2, 0) is 12.8 Å². The lowest BCUT2D eigenvalue weighted by Gasteiger charge is -2.12. The van der Waals surface area contributed by atoms with Crippen molar-refractivity contribution in [3.8, 4) is 5.75 Å². The number of ether oxygens (including phenoxy) is 1. The first kappa shape index (κ1) is 19.3. The molecule has 25 heavy (non-hydrogen) atoms. The smallest absolute Gasteiger partial charge is 0.417 e. The Balaban J connectivity index is 2.01. The van der Waals surface area contributed by atoms with Crippen LogP contribution in [0.2, 0.25) is 5.02 Å². The van der Waals surface area contributed by atoms with Gasteiger partial charge in [-0.3, -0.25) is 4.99 Å². The minimum atomic E-state index is -4.48. The van der Waals surface area contributed by atoms with Crippen LogP contribution >= 0.6 is 11.6 Å². The summed E-state index contributed by atoms with van der Waals surface area (Å²) < 4.78 is 44.1. The first-order valence-electron chi connectivity index (χ1n) is 7.91. The predicted octanol–water partition coefficient (Wildman–Crippen LogP) is 6.16. The summed E-state index contributed by atoms with van der Waals surface area (Å²) in [4.78, 5) is 4.39. The Kier molecular flexibility index (Phi) is 6.48. The lowest BCUT2D eigenvalue weighted by atomic mass is 10.1. The van der Waals surface area contributed by atoms with Gasteiger partial charge >= 0.3 is 6.18 Å². The molecule has 134 valence electrons. The van der Waals surface area contributed by atoms with Crippen molar-refractivity contribution >= 4 is 17.8 Å². The molecule has 6 heteroatoms. The SMILES string of the molecule is CCC(C)/N=C/c1ccc(OCc2ccc(Cl)c(C(F)(F)F)c2)cc1. The summed E-state index contributed by atoms with van der Waals surface area (Å²) in [7, 11) is 0. The predicted molar refractivity (Wildman–Crippen MR) is 94.6 cm³/mol. The van der Waals surface area contributed by atoms with Gasteiger partial charge in [0.1, 0.15) is 12.4 Å². The summed E-state index contributed by atoms with van der Waals surface area (Å²) >= 11 is 5.60. The second kappa shape index (κ2) is 8.39. The maximum atomic E-state index is 12.9. The minimum Gasteiger partial charge on any atom is -0.489 e. The van der Waals surface area contributed by atoms with Crippen LogP contribution < -0.4 is 4.74 Å². The number of nitrogens with zero attached hydrogens (tertiary/aromatic N) is 1. The highest BCUT2D eigenvalue weighted by Crippen LogP contribution is 2.35. The van der Waals surface area contributed by atoms with E-state index >= 15 is 0 Å². The highest BCUT2D eigenvalue weighted by molar-refractivity contribution is 6.31. The molecule has 2 nitrogen and oxygen atoms in total. The van der Waals surface area contributed by atoms with E-state index in [1.54, 1.807) is 18.3 Å². The summed E-state index contributed by atoms with van der Waals surface area (Å²) in [5, 5.41) is -0.318. The van der Waals surface area contributed by atoms with E-state index in [1.165, 1.54) is 12.1 Å². The van der Waals surface area contributed by atoms with Crippen LogP contribution in [0, 0.1) is 0 Å². The fourth-order valence-corrected chi connectivity index (χ4v) is 2.24. The van der Waals surface area contributed by atoms with Gasteiger partial charge in [0.15, 0.2) is 0 Å². The van der Waals surface area contributed by atoms with Gasteiger partial charge in [-0.05, 0) is 60.9 Å². The number of halogens is 4. The Bertz CT molecular complexity index is 726. The first-order chi connectivity index (χ1) is 11.8. The molecule has 0 N–H and O–H groups in total. The van der Waals surface area contributed by atoms with Gasteiger partial charge in [0, 0.05) is 12.3 Å². The van der Waals surface area contributed by atoms with E-state index in [2.05, 4.69) is 11.9 Å². The van der Waals surface area contributed by atoms with Gasteiger partial charge in [-0.2, -0.15) is 13.2 Å². The summed E-state index contributed by atoms with van der Waals surface area (Å²) in [6.45, 7) is 4.13. The zero-order valence-corrected chi connectivity index (χ0v) is 14.7. The average Bonchev–Trinajstić information content (AvgIpc) is 2.58. The highest BCUT2D eigenvalue weighted by Gasteiger charge is 2.33. The molecule has 2 rings (SSSR count). The van der Waals surface area contributed by atoms with Crippen molar-refractivity contribution < 1.29 is 17.9 Å². The number of hydrogen-bond acceptors (Lipinski definition) is 2. The highest BCUT2D eigenvalue weighted by atomic mass is 35.5. The Labute approximate surface area is 150 Å². The lowest BCUT2D eigenvalue weighted by Crippen LogP contribution is -2.07. The number of benzene rings is 2. The zero-order chi connectivity index (χ0) is 18.4. The number of alkyl halides is 3. The van der Waals surface area contributed by atoms with Gasteiger partial charge in [0.2, 0.25) is 0 Å². The average molecular weight is 370 g/mol. The van der Waals surface area contributed by atoms with Crippen LogP contribution in [0.4, 0.5) is 13.2 Å². The quantitative estimate of drug-likeness (QED) is 0.559. The van der Waals surface area contributed by atoms with Gasteiger partial charge in [-0.15, -0.1) is 0 Å². The fraction of sp³-hybridized carbons (Fsp3) is 0.316. The molecule has 0 aliphatic heterocycles. The summed E-state index contributed by atoms with van der Waals surface area (Å²) in [5.74, 6) is 0.573. The Hall–Kier alpha value is -2.01. The van der Waals surface area contributed by atoms with Crippen LogP contribution in [-0.4, -0.2) is 12.3 Å². The van der Waals surface area contributed by atoms with E-state index in [-0.39, 0.29) is 17.7 Å². The third-order valence-electron chi connectivity index (χ3n) is 3.69. The van der Waals surface area contributed by atoms with Crippen LogP contribution in [0.5, 0.6) is 5.75 Å². The van der Waals surface area contributed by atoms with Gasteiger partial charge in [-0.1, -0.05) is 24.6 Å². The molecule has 0 bridgehead atoms. The van der Waals surface area contributed by atoms with E-state index < -0.39 is 11.7 Å². The molecule has 2 aromatic rings. The van der Waals surface area contributed by atoms with Crippen LogP contribution in [0.1, 0.15) is 37.0 Å². The molecule has 0 saturated heterocycles. The fourth-order valence-electron chi connectivity index (χ4n) is 2.01. The zero-order valence-electron chi connectivity index (χ0n) is 14.0. The molecule has 1 unspecified atom stereocenters. The van der Waals surface area contributed by atoms with E-state index in [1.807, 2.05) is 19.1 Å². The Morgan fingerprint density at radius 3 is 2.44 bits per heavy atom. The van der Waals surface area contributed by atoms with Crippen LogP contribution in [0.25, 0.3) is 0 Å². The van der Waals surface area contributed by atoms with Crippen molar-refractivity contribution in [3.63, 3.8) is 0 Å². The molecule has 0 aromatic heterocycles. The number of aliphatic imine (C=N–C) groups is 1. The molecule has 2 aromatic carbocycles. The lowest BCUT2D eigenvalue weighted by molar-refractivity contribution is -0.137. The topological polar surface area (TPSA) is 21.6 Å². The van der Waals surface area contributed by atoms with Crippen molar-refractivity contribution in [1.82, 2.24) is 0 Å². The second-order valence-corrected chi connectivity index (χ2v) is 6.11. The van der Waals surface area contributed by atoms with Crippen molar-refractivity contribution in [3.05, 3.63) is 64.2 Å². The van der Waals surface area contributed by atoms with Gasteiger partial charge < -0.3 is 4.74 Å². The number of rotatable bonds is 6. The molecule has 0 aliphatic rings. The van der Waals surface area contributed by atoms with E-state index in [0.717, 1.165) is 18.1 Å². The van der Waals surface area contributed by atoms with E-state index in [9.17, 15) is 13.2 Å². The Morgan fingerprint density at radius 1 is 1.16 bits per heavy atom. The standard InChI is InChI=1S/C19H19ClF3NO/c1-3-13(2)24-11-14-4-7-16(8-5-14)25-12-15-6-9-18(20)17(10-15)19(21,22)23/h4-11,13H,3,12H2,1-2H3/b24-11+. The number of hydrogen-bond donors (Lipinski definition) is 0. The molecule has 0 spiro atoms. The van der Waals surface area contributed by atoms with Gasteiger partial charge in [-0.25, -0.2) is 0 Å². The molecule has 0 amide bonds. The van der Waals surface area contributed by atoms with Gasteiger partial charge in [0.05, 0.1) is 10.6 Å². The van der Waals surface area contributed by atoms with Crippen LogP contribution in [0.15, 0.2) is 47.5 Å². The summed E-state index contributed by atoms with van der Waals surface area (Å²) in [5.41, 5.74) is 0.490. The molecule has 0 radical (unpaired) electrons. The van der Waals surface area contributed by atoms with E-state index in [0.29, 0.717) is 11.3 Å². The normalized spacial score (nSPS) is 13.2. The molecular weight excluding hydrogens is 351 g/mol.